The summed E-state index contributed by atoms with van der Waals surface area (Å²) in [6.45, 7) is 7.46. The third-order valence-corrected chi connectivity index (χ3v) is 4.47. The van der Waals surface area contributed by atoms with Crippen LogP contribution in [0.3, 0.4) is 0 Å². The minimum atomic E-state index is -1.26. The van der Waals surface area contributed by atoms with Crippen molar-refractivity contribution in [3.63, 3.8) is 0 Å². The first-order chi connectivity index (χ1) is 15.9. The van der Waals surface area contributed by atoms with Crippen molar-refractivity contribution in [1.82, 2.24) is 0 Å². The van der Waals surface area contributed by atoms with E-state index in [0.29, 0.717) is 18.8 Å². The first-order valence-corrected chi connectivity index (χ1v) is 10.3. The van der Waals surface area contributed by atoms with E-state index in [4.69, 9.17) is 18.9 Å². The predicted molar refractivity (Wildman–Crippen MR) is 121 cm³/mol. The van der Waals surface area contributed by atoms with Crippen LogP contribution >= 0.6 is 0 Å². The van der Waals surface area contributed by atoms with Crippen LogP contribution in [0.2, 0.25) is 0 Å². The Hall–Kier alpha value is -4.13. The molecule has 0 aromatic heterocycles. The molecule has 0 spiro atoms. The van der Waals surface area contributed by atoms with Crippen molar-refractivity contribution in [3.8, 4) is 34.1 Å². The largest absolute Gasteiger partial charge is 0.494 e. The molecule has 0 saturated carbocycles. The highest BCUT2D eigenvalue weighted by Crippen LogP contribution is 2.33. The number of rotatable bonds is 9. The van der Waals surface area contributed by atoms with Gasteiger partial charge in [0.15, 0.2) is 11.5 Å². The number of carbonyl (C=O) groups excluding carboxylic acids is 2. The Bertz CT molecular complexity index is 1140. The molecule has 0 aliphatic rings. The van der Waals surface area contributed by atoms with E-state index < -0.39 is 17.8 Å². The molecule has 170 valence electrons. The second kappa shape index (κ2) is 10.9. The SMILES string of the molecule is C=C(F)C(=O)Oc1cc(OC(=O)c2ccc(-c3ccc(OCC)cc3)cc2)ccc1OCC. The molecule has 0 bridgehead atoms. The fourth-order valence-electron chi connectivity index (χ4n) is 2.94. The Kier molecular flexibility index (Phi) is 7.81. The lowest BCUT2D eigenvalue weighted by atomic mass is 10.0. The van der Waals surface area contributed by atoms with E-state index in [-0.39, 0.29) is 17.2 Å². The average Bonchev–Trinajstić information content (AvgIpc) is 2.81. The predicted octanol–water partition coefficient (Wildman–Crippen LogP) is 5.76. The van der Waals surface area contributed by atoms with Crippen LogP contribution in [-0.4, -0.2) is 25.2 Å². The maximum atomic E-state index is 13.0. The Morgan fingerprint density at radius 3 is 1.91 bits per heavy atom. The van der Waals surface area contributed by atoms with Crippen LogP contribution in [0.4, 0.5) is 4.39 Å². The van der Waals surface area contributed by atoms with Gasteiger partial charge in [-0.2, -0.15) is 4.39 Å². The molecule has 0 heterocycles. The van der Waals surface area contributed by atoms with Crippen LogP contribution in [0.5, 0.6) is 23.0 Å². The molecule has 3 rings (SSSR count). The van der Waals surface area contributed by atoms with Gasteiger partial charge in [-0.15, -0.1) is 0 Å². The van der Waals surface area contributed by atoms with Crippen molar-refractivity contribution < 1.29 is 32.9 Å². The summed E-state index contributed by atoms with van der Waals surface area (Å²) in [5.41, 5.74) is 2.23. The first-order valence-electron chi connectivity index (χ1n) is 10.3. The third kappa shape index (κ3) is 6.20. The second-order valence-corrected chi connectivity index (χ2v) is 6.76. The van der Waals surface area contributed by atoms with E-state index in [9.17, 15) is 14.0 Å². The van der Waals surface area contributed by atoms with Gasteiger partial charge in [0.2, 0.25) is 5.83 Å². The summed E-state index contributed by atoms with van der Waals surface area (Å²) in [4.78, 5) is 24.1. The fraction of sp³-hybridized carbons (Fsp3) is 0.154. The highest BCUT2D eigenvalue weighted by atomic mass is 19.1. The Balaban J connectivity index is 1.73. The Morgan fingerprint density at radius 2 is 1.33 bits per heavy atom. The van der Waals surface area contributed by atoms with Gasteiger partial charge in [-0.25, -0.2) is 9.59 Å². The van der Waals surface area contributed by atoms with Crippen LogP contribution in [0.15, 0.2) is 79.1 Å². The standard InChI is InChI=1S/C26H23FO6/c1-4-30-21-12-10-19(11-13-21)18-6-8-20(9-7-18)26(29)32-22-14-15-23(31-5-2)24(16-22)33-25(28)17(3)27/h6-16H,3-5H2,1-2H3. The van der Waals surface area contributed by atoms with Crippen LogP contribution < -0.4 is 18.9 Å². The van der Waals surface area contributed by atoms with Crippen LogP contribution in [0.25, 0.3) is 11.1 Å². The van der Waals surface area contributed by atoms with Gasteiger partial charge in [-0.3, -0.25) is 0 Å². The van der Waals surface area contributed by atoms with E-state index in [1.807, 2.05) is 43.3 Å². The first kappa shape index (κ1) is 23.5. The number of halogens is 1. The van der Waals surface area contributed by atoms with Crippen molar-refractivity contribution in [2.75, 3.05) is 13.2 Å². The lowest BCUT2D eigenvalue weighted by Crippen LogP contribution is -2.11. The van der Waals surface area contributed by atoms with E-state index >= 15 is 0 Å². The van der Waals surface area contributed by atoms with Gasteiger partial charge in [-0.1, -0.05) is 30.8 Å². The monoisotopic (exact) mass is 450 g/mol. The van der Waals surface area contributed by atoms with Crippen molar-refractivity contribution in [2.45, 2.75) is 13.8 Å². The average molecular weight is 450 g/mol. The highest BCUT2D eigenvalue weighted by Gasteiger charge is 2.16. The number of hydrogen-bond donors (Lipinski definition) is 0. The maximum Gasteiger partial charge on any atom is 0.372 e. The zero-order chi connectivity index (χ0) is 23.8. The smallest absolute Gasteiger partial charge is 0.372 e. The van der Waals surface area contributed by atoms with E-state index in [1.54, 1.807) is 19.1 Å². The molecule has 33 heavy (non-hydrogen) atoms. The highest BCUT2D eigenvalue weighted by molar-refractivity contribution is 5.92. The Morgan fingerprint density at radius 1 is 0.758 bits per heavy atom. The maximum absolute atomic E-state index is 13.0. The normalized spacial score (nSPS) is 10.3. The molecule has 6 nitrogen and oxygen atoms in total. The summed E-state index contributed by atoms with van der Waals surface area (Å²) in [6.07, 6.45) is 0. The molecule has 0 unspecified atom stereocenters. The number of benzene rings is 3. The van der Waals surface area contributed by atoms with Crippen LogP contribution in [0, 0.1) is 0 Å². The molecule has 3 aromatic rings. The summed E-state index contributed by atoms with van der Waals surface area (Å²) >= 11 is 0. The van der Waals surface area contributed by atoms with Crippen molar-refractivity contribution >= 4 is 11.9 Å². The van der Waals surface area contributed by atoms with Crippen molar-refractivity contribution in [2.24, 2.45) is 0 Å². The zero-order valence-corrected chi connectivity index (χ0v) is 18.3. The summed E-state index contributed by atoms with van der Waals surface area (Å²) in [7, 11) is 0. The van der Waals surface area contributed by atoms with Gasteiger partial charge >= 0.3 is 11.9 Å². The summed E-state index contributed by atoms with van der Waals surface area (Å²) in [5.74, 6) is -2.12. The summed E-state index contributed by atoms with van der Waals surface area (Å²) in [6, 6.07) is 18.8. The molecule has 0 aliphatic heterocycles. The Labute approximate surface area is 191 Å². The van der Waals surface area contributed by atoms with Crippen LogP contribution in [0.1, 0.15) is 24.2 Å². The molecular weight excluding hydrogens is 427 g/mol. The van der Waals surface area contributed by atoms with Gasteiger partial charge in [0, 0.05) is 6.07 Å². The van der Waals surface area contributed by atoms with Gasteiger partial charge in [-0.05, 0) is 61.4 Å². The molecule has 0 atom stereocenters. The van der Waals surface area contributed by atoms with Gasteiger partial charge in [0.25, 0.3) is 0 Å². The van der Waals surface area contributed by atoms with E-state index in [1.165, 1.54) is 18.2 Å². The molecule has 0 saturated heterocycles. The van der Waals surface area contributed by atoms with Crippen molar-refractivity contribution in [1.29, 1.82) is 0 Å². The third-order valence-electron chi connectivity index (χ3n) is 4.47. The topological polar surface area (TPSA) is 71.1 Å². The minimum absolute atomic E-state index is 0.0863. The second-order valence-electron chi connectivity index (χ2n) is 6.76. The molecule has 0 amide bonds. The minimum Gasteiger partial charge on any atom is -0.494 e. The lowest BCUT2D eigenvalue weighted by Gasteiger charge is -2.12. The molecule has 0 fully saturated rings. The summed E-state index contributed by atoms with van der Waals surface area (Å²) in [5, 5.41) is 0. The zero-order valence-electron chi connectivity index (χ0n) is 18.3. The lowest BCUT2D eigenvalue weighted by molar-refractivity contribution is -0.131. The molecule has 0 aliphatic carbocycles. The fourth-order valence-corrected chi connectivity index (χ4v) is 2.94. The molecular formula is C26H23FO6. The number of carbonyl (C=O) groups is 2. The van der Waals surface area contributed by atoms with Crippen molar-refractivity contribution in [3.05, 3.63) is 84.7 Å². The molecule has 3 aromatic carbocycles. The number of ether oxygens (including phenoxy) is 4. The quantitative estimate of drug-likeness (QED) is 0.235. The van der Waals surface area contributed by atoms with E-state index in [0.717, 1.165) is 16.9 Å². The summed E-state index contributed by atoms with van der Waals surface area (Å²) < 4.78 is 34.2. The van der Waals surface area contributed by atoms with Crippen LogP contribution in [-0.2, 0) is 4.79 Å². The number of esters is 2. The molecule has 0 N–H and O–H groups in total. The number of hydrogen-bond acceptors (Lipinski definition) is 6. The molecule has 7 heteroatoms. The van der Waals surface area contributed by atoms with Gasteiger partial charge < -0.3 is 18.9 Å². The van der Waals surface area contributed by atoms with E-state index in [2.05, 4.69) is 6.58 Å². The van der Waals surface area contributed by atoms with Gasteiger partial charge in [0.05, 0.1) is 18.8 Å². The van der Waals surface area contributed by atoms with Gasteiger partial charge in [0.1, 0.15) is 11.5 Å². The molecule has 0 radical (unpaired) electrons.